The van der Waals surface area contributed by atoms with Crippen molar-refractivity contribution >= 4 is 17.9 Å². The van der Waals surface area contributed by atoms with Gasteiger partial charge in [-0.2, -0.15) is 0 Å². The van der Waals surface area contributed by atoms with Crippen LogP contribution in [0.1, 0.15) is 22.8 Å². The van der Waals surface area contributed by atoms with Gasteiger partial charge in [-0.15, -0.1) is 0 Å². The van der Waals surface area contributed by atoms with Crippen molar-refractivity contribution in [1.29, 1.82) is 0 Å². The van der Waals surface area contributed by atoms with Crippen LogP contribution >= 0.6 is 0 Å². The molecule has 7 nitrogen and oxygen atoms in total. The van der Waals surface area contributed by atoms with Crippen molar-refractivity contribution < 1.29 is 24.2 Å². The van der Waals surface area contributed by atoms with Gasteiger partial charge in [0.25, 0.3) is 5.91 Å². The number of rotatable bonds is 5. The SMILES string of the molecule is CCNC(=O)NC(=O)COc1c(C)cccc1C(=O)O. The molecule has 0 spiro atoms. The fourth-order valence-corrected chi connectivity index (χ4v) is 1.52. The summed E-state index contributed by atoms with van der Waals surface area (Å²) in [5.74, 6) is -1.69. The quantitative estimate of drug-likeness (QED) is 0.743. The highest BCUT2D eigenvalue weighted by Gasteiger charge is 2.15. The molecule has 0 aliphatic rings. The predicted molar refractivity (Wildman–Crippen MR) is 70.8 cm³/mol. The first-order valence-electron chi connectivity index (χ1n) is 5.99. The molecule has 3 N–H and O–H groups in total. The second kappa shape index (κ2) is 7.13. The molecule has 0 saturated heterocycles. The molecule has 108 valence electrons. The number of ether oxygens (including phenoxy) is 1. The van der Waals surface area contributed by atoms with Gasteiger partial charge in [-0.1, -0.05) is 12.1 Å². The van der Waals surface area contributed by atoms with Crippen molar-refractivity contribution in [3.63, 3.8) is 0 Å². The molecule has 1 rings (SSSR count). The third-order valence-corrected chi connectivity index (χ3v) is 2.38. The minimum absolute atomic E-state index is 0.0317. The Labute approximate surface area is 115 Å². The van der Waals surface area contributed by atoms with Crippen molar-refractivity contribution in [2.24, 2.45) is 0 Å². The van der Waals surface area contributed by atoms with Gasteiger partial charge >= 0.3 is 12.0 Å². The van der Waals surface area contributed by atoms with Gasteiger partial charge in [-0.25, -0.2) is 9.59 Å². The van der Waals surface area contributed by atoms with Crippen molar-refractivity contribution in [2.45, 2.75) is 13.8 Å². The number of carboxylic acids is 1. The van der Waals surface area contributed by atoms with Gasteiger partial charge < -0.3 is 15.2 Å². The molecule has 3 amide bonds. The Bertz CT molecular complexity index is 527. The number of benzene rings is 1. The van der Waals surface area contributed by atoms with Crippen LogP contribution in [0, 0.1) is 6.92 Å². The molecule has 0 bridgehead atoms. The third-order valence-electron chi connectivity index (χ3n) is 2.38. The summed E-state index contributed by atoms with van der Waals surface area (Å²) < 4.78 is 5.20. The second-order valence-electron chi connectivity index (χ2n) is 3.95. The molecule has 0 aliphatic heterocycles. The molecular weight excluding hydrogens is 264 g/mol. The maximum Gasteiger partial charge on any atom is 0.339 e. The highest BCUT2D eigenvalue weighted by molar-refractivity contribution is 5.95. The van der Waals surface area contributed by atoms with E-state index in [4.69, 9.17) is 9.84 Å². The third kappa shape index (κ3) is 4.27. The van der Waals surface area contributed by atoms with Gasteiger partial charge in [0.1, 0.15) is 11.3 Å². The number of amides is 3. The molecule has 0 atom stereocenters. The van der Waals surface area contributed by atoms with Gasteiger partial charge in [0.05, 0.1) is 0 Å². The van der Waals surface area contributed by atoms with Crippen LogP contribution in [0.25, 0.3) is 0 Å². The molecule has 0 fully saturated rings. The Morgan fingerprint density at radius 2 is 2.00 bits per heavy atom. The van der Waals surface area contributed by atoms with Gasteiger partial charge in [-0.3, -0.25) is 10.1 Å². The van der Waals surface area contributed by atoms with Crippen LogP contribution in [0.3, 0.4) is 0 Å². The van der Waals surface area contributed by atoms with Crippen LogP contribution in [0.5, 0.6) is 5.75 Å². The van der Waals surface area contributed by atoms with E-state index in [2.05, 4.69) is 10.6 Å². The molecule has 20 heavy (non-hydrogen) atoms. The fraction of sp³-hybridized carbons (Fsp3) is 0.308. The van der Waals surface area contributed by atoms with Gasteiger partial charge in [0.15, 0.2) is 6.61 Å². The highest BCUT2D eigenvalue weighted by atomic mass is 16.5. The zero-order valence-corrected chi connectivity index (χ0v) is 11.2. The number of nitrogens with one attached hydrogen (secondary N) is 2. The summed E-state index contributed by atoms with van der Waals surface area (Å²) in [4.78, 5) is 33.6. The number of carbonyl (C=O) groups is 3. The molecule has 0 aliphatic carbocycles. The Hall–Kier alpha value is -2.57. The lowest BCUT2D eigenvalue weighted by Crippen LogP contribution is -2.41. The number of carboxylic acid groups (broad SMARTS) is 1. The maximum atomic E-state index is 11.4. The van der Waals surface area contributed by atoms with Crippen LogP contribution in [0.15, 0.2) is 18.2 Å². The first-order chi connectivity index (χ1) is 9.45. The first kappa shape index (κ1) is 15.5. The summed E-state index contributed by atoms with van der Waals surface area (Å²) in [6.45, 7) is 3.33. The molecule has 1 aromatic rings. The summed E-state index contributed by atoms with van der Waals surface area (Å²) in [5.41, 5.74) is 0.562. The number of urea groups is 1. The van der Waals surface area contributed by atoms with Crippen LogP contribution in [0.2, 0.25) is 0 Å². The monoisotopic (exact) mass is 280 g/mol. The van der Waals surface area contributed by atoms with E-state index in [9.17, 15) is 14.4 Å². The van der Waals surface area contributed by atoms with E-state index in [0.29, 0.717) is 12.1 Å². The molecular formula is C13H16N2O5. The average molecular weight is 280 g/mol. The Morgan fingerprint density at radius 1 is 1.30 bits per heavy atom. The molecule has 7 heteroatoms. The summed E-state index contributed by atoms with van der Waals surface area (Å²) in [7, 11) is 0. The average Bonchev–Trinajstić information content (AvgIpc) is 2.37. The number of para-hydroxylation sites is 1. The largest absolute Gasteiger partial charge is 0.483 e. The zero-order chi connectivity index (χ0) is 15.1. The van der Waals surface area contributed by atoms with E-state index in [-0.39, 0.29) is 11.3 Å². The first-order valence-corrected chi connectivity index (χ1v) is 5.99. The lowest BCUT2D eigenvalue weighted by atomic mass is 10.1. The van der Waals surface area contributed by atoms with E-state index in [1.807, 2.05) is 0 Å². The van der Waals surface area contributed by atoms with E-state index in [0.717, 1.165) is 0 Å². The normalized spacial score (nSPS) is 9.70. The lowest BCUT2D eigenvalue weighted by Gasteiger charge is -2.11. The Balaban J connectivity index is 2.68. The van der Waals surface area contributed by atoms with E-state index in [1.54, 1.807) is 26.0 Å². The number of hydrogen-bond donors (Lipinski definition) is 3. The topological polar surface area (TPSA) is 105 Å². The summed E-state index contributed by atoms with van der Waals surface area (Å²) in [6.07, 6.45) is 0. The van der Waals surface area contributed by atoms with Crippen molar-refractivity contribution in [3.05, 3.63) is 29.3 Å². The number of aryl methyl sites for hydroxylation is 1. The van der Waals surface area contributed by atoms with Gasteiger partial charge in [0.2, 0.25) is 0 Å². The number of hydrogen-bond acceptors (Lipinski definition) is 4. The van der Waals surface area contributed by atoms with Gasteiger partial charge in [-0.05, 0) is 25.5 Å². The smallest absolute Gasteiger partial charge is 0.339 e. The summed E-state index contributed by atoms with van der Waals surface area (Å²) >= 11 is 0. The fourth-order valence-electron chi connectivity index (χ4n) is 1.52. The Kier molecular flexibility index (Phi) is 5.52. The number of carbonyl (C=O) groups excluding carboxylic acids is 2. The number of aromatic carboxylic acids is 1. The molecule has 0 radical (unpaired) electrons. The summed E-state index contributed by atoms with van der Waals surface area (Å²) in [5, 5.41) is 13.5. The van der Waals surface area contributed by atoms with Crippen LogP contribution in [-0.4, -0.2) is 36.2 Å². The van der Waals surface area contributed by atoms with E-state index in [1.165, 1.54) is 6.07 Å². The zero-order valence-electron chi connectivity index (χ0n) is 11.2. The van der Waals surface area contributed by atoms with E-state index < -0.39 is 24.5 Å². The predicted octanol–water partition coefficient (Wildman–Crippen LogP) is 0.918. The van der Waals surface area contributed by atoms with Crippen LogP contribution < -0.4 is 15.4 Å². The summed E-state index contributed by atoms with van der Waals surface area (Å²) in [6, 6.07) is 4.01. The lowest BCUT2D eigenvalue weighted by molar-refractivity contribution is -0.122. The Morgan fingerprint density at radius 3 is 2.60 bits per heavy atom. The molecule has 0 aromatic heterocycles. The molecule has 1 aromatic carbocycles. The van der Waals surface area contributed by atoms with Gasteiger partial charge in [0, 0.05) is 6.54 Å². The molecule has 0 unspecified atom stereocenters. The molecule has 0 saturated carbocycles. The van der Waals surface area contributed by atoms with Crippen molar-refractivity contribution in [1.82, 2.24) is 10.6 Å². The van der Waals surface area contributed by atoms with E-state index >= 15 is 0 Å². The molecule has 0 heterocycles. The minimum Gasteiger partial charge on any atom is -0.483 e. The minimum atomic E-state index is -1.15. The van der Waals surface area contributed by atoms with Crippen LogP contribution in [0.4, 0.5) is 4.79 Å². The number of imide groups is 1. The maximum absolute atomic E-state index is 11.4. The highest BCUT2D eigenvalue weighted by Crippen LogP contribution is 2.23. The van der Waals surface area contributed by atoms with Crippen LogP contribution in [-0.2, 0) is 4.79 Å². The standard InChI is InChI=1S/C13H16N2O5/c1-3-14-13(19)15-10(16)7-20-11-8(2)5-4-6-9(11)12(17)18/h4-6H,3,7H2,1-2H3,(H,17,18)(H2,14,15,16,19). The van der Waals surface area contributed by atoms with Crippen molar-refractivity contribution in [2.75, 3.05) is 13.2 Å². The van der Waals surface area contributed by atoms with Crippen molar-refractivity contribution in [3.8, 4) is 5.75 Å². The second-order valence-corrected chi connectivity index (χ2v) is 3.95.